The number of hydrogen-bond acceptors (Lipinski definition) is 4. The average Bonchev–Trinajstić information content (AvgIpc) is 2.71. The van der Waals surface area contributed by atoms with Crippen LogP contribution < -0.4 is 14.4 Å². The van der Waals surface area contributed by atoms with Crippen molar-refractivity contribution >= 4 is 38.1 Å². The minimum absolute atomic E-state index is 0.149. The molecule has 1 N–H and O–H groups in total. The third-order valence-corrected chi connectivity index (χ3v) is 5.78. The van der Waals surface area contributed by atoms with Crippen LogP contribution in [0.3, 0.4) is 0 Å². The number of nitrogens with zero attached hydrogens (tertiary/aromatic N) is 1. The normalized spacial score (nSPS) is 11.2. The number of ether oxygens (including phenoxy) is 1. The van der Waals surface area contributed by atoms with Crippen molar-refractivity contribution in [3.05, 3.63) is 66.7 Å². The summed E-state index contributed by atoms with van der Waals surface area (Å²) in [5.41, 5.74) is 1.30. The van der Waals surface area contributed by atoms with Crippen LogP contribution >= 0.6 is 0 Å². The Morgan fingerprint density at radius 3 is 2.38 bits per heavy atom. The number of anilines is 2. The zero-order valence-corrected chi connectivity index (χ0v) is 17.3. The average molecular weight is 413 g/mol. The predicted octanol–water partition coefficient (Wildman–Crippen LogP) is 4.03. The summed E-state index contributed by atoms with van der Waals surface area (Å²) in [5, 5.41) is 4.95. The number of sulfonamides is 1. The first-order valence-corrected chi connectivity index (χ1v) is 11.1. The first-order valence-electron chi connectivity index (χ1n) is 9.28. The number of methoxy groups -OCH3 is 1. The zero-order valence-electron chi connectivity index (χ0n) is 16.5. The number of rotatable bonds is 8. The molecule has 0 saturated heterocycles. The molecule has 0 saturated carbocycles. The molecule has 0 spiro atoms. The fraction of sp³-hybridized carbons (Fsp3) is 0.227. The molecular formula is C22H24N2O4S. The molecule has 7 heteroatoms. The number of fused-ring (bicyclic) bond motifs is 1. The number of carbonyl (C=O) groups excluding carboxylic acids is 1. The summed E-state index contributed by atoms with van der Waals surface area (Å²) in [6.45, 7) is 0.216. The van der Waals surface area contributed by atoms with Gasteiger partial charge in [0.05, 0.1) is 19.1 Å². The summed E-state index contributed by atoms with van der Waals surface area (Å²) in [4.78, 5) is 12.4. The highest BCUT2D eigenvalue weighted by Gasteiger charge is 2.18. The van der Waals surface area contributed by atoms with E-state index in [0.29, 0.717) is 17.9 Å². The molecule has 3 aromatic rings. The quantitative estimate of drug-likeness (QED) is 0.606. The van der Waals surface area contributed by atoms with E-state index in [1.54, 1.807) is 31.4 Å². The molecule has 1 amide bonds. The highest BCUT2D eigenvalue weighted by molar-refractivity contribution is 7.92. The SMILES string of the molecule is COc1ccc(N(CCCC(=O)Nc2cccc3ccccc23)S(C)(=O)=O)cc1. The topological polar surface area (TPSA) is 75.7 Å². The van der Waals surface area contributed by atoms with Crippen molar-refractivity contribution in [2.75, 3.05) is 29.5 Å². The van der Waals surface area contributed by atoms with Crippen molar-refractivity contribution in [2.45, 2.75) is 12.8 Å². The van der Waals surface area contributed by atoms with E-state index in [0.717, 1.165) is 22.7 Å². The highest BCUT2D eigenvalue weighted by atomic mass is 32.2. The maximum Gasteiger partial charge on any atom is 0.232 e. The minimum atomic E-state index is -3.46. The lowest BCUT2D eigenvalue weighted by molar-refractivity contribution is -0.116. The second kappa shape index (κ2) is 8.96. The van der Waals surface area contributed by atoms with E-state index in [9.17, 15) is 13.2 Å². The Morgan fingerprint density at radius 1 is 1.00 bits per heavy atom. The second-order valence-corrected chi connectivity index (χ2v) is 8.62. The molecule has 29 heavy (non-hydrogen) atoms. The van der Waals surface area contributed by atoms with E-state index in [1.165, 1.54) is 4.31 Å². The van der Waals surface area contributed by atoms with Crippen LogP contribution in [0.25, 0.3) is 10.8 Å². The lowest BCUT2D eigenvalue weighted by Gasteiger charge is -2.22. The van der Waals surface area contributed by atoms with Crippen molar-refractivity contribution in [1.82, 2.24) is 0 Å². The molecule has 0 aliphatic carbocycles. The monoisotopic (exact) mass is 412 g/mol. The van der Waals surface area contributed by atoms with Crippen LogP contribution in [0.1, 0.15) is 12.8 Å². The summed E-state index contributed by atoms with van der Waals surface area (Å²) in [6, 6.07) is 20.4. The third-order valence-electron chi connectivity index (χ3n) is 4.59. The lowest BCUT2D eigenvalue weighted by atomic mass is 10.1. The van der Waals surface area contributed by atoms with E-state index in [2.05, 4.69) is 5.32 Å². The molecule has 3 rings (SSSR count). The molecular weight excluding hydrogens is 388 g/mol. The Balaban J connectivity index is 1.63. The molecule has 0 aromatic heterocycles. The van der Waals surface area contributed by atoms with Crippen molar-refractivity contribution in [1.29, 1.82) is 0 Å². The molecule has 0 atom stereocenters. The maximum absolute atomic E-state index is 12.4. The number of nitrogens with one attached hydrogen (secondary N) is 1. The van der Waals surface area contributed by atoms with Gasteiger partial charge in [-0.2, -0.15) is 0 Å². The Morgan fingerprint density at radius 2 is 1.69 bits per heavy atom. The highest BCUT2D eigenvalue weighted by Crippen LogP contribution is 2.24. The molecule has 0 radical (unpaired) electrons. The van der Waals surface area contributed by atoms with Gasteiger partial charge in [-0.25, -0.2) is 8.42 Å². The number of benzene rings is 3. The Hall–Kier alpha value is -3.06. The van der Waals surface area contributed by atoms with Crippen LogP contribution in [0, 0.1) is 0 Å². The first kappa shape index (κ1) is 20.7. The van der Waals surface area contributed by atoms with Gasteiger partial charge in [-0.15, -0.1) is 0 Å². The van der Waals surface area contributed by atoms with Crippen molar-refractivity contribution in [2.24, 2.45) is 0 Å². The molecule has 152 valence electrons. The Bertz CT molecular complexity index is 1090. The van der Waals surface area contributed by atoms with Gasteiger partial charge in [-0.05, 0) is 42.1 Å². The Labute approximate surface area is 171 Å². The zero-order chi connectivity index (χ0) is 20.9. The fourth-order valence-electron chi connectivity index (χ4n) is 3.17. The molecule has 0 fully saturated rings. The van der Waals surface area contributed by atoms with Gasteiger partial charge in [0.2, 0.25) is 15.9 Å². The van der Waals surface area contributed by atoms with Crippen LogP contribution in [-0.4, -0.2) is 34.2 Å². The van der Waals surface area contributed by atoms with Crippen molar-refractivity contribution in [3.63, 3.8) is 0 Å². The number of hydrogen-bond donors (Lipinski definition) is 1. The standard InChI is InChI=1S/C22H24N2O4S/c1-28-19-14-12-18(13-15-19)24(29(2,26)27)16-6-11-22(25)23-21-10-5-8-17-7-3-4-9-20(17)21/h3-5,7-10,12-15H,6,11,16H2,1-2H3,(H,23,25). The summed E-state index contributed by atoms with van der Waals surface area (Å²) in [7, 11) is -1.91. The number of amides is 1. The molecule has 0 unspecified atom stereocenters. The molecule has 6 nitrogen and oxygen atoms in total. The van der Waals surface area contributed by atoms with E-state index < -0.39 is 10.0 Å². The molecule has 3 aromatic carbocycles. The van der Waals surface area contributed by atoms with Crippen molar-refractivity contribution in [3.8, 4) is 5.75 Å². The maximum atomic E-state index is 12.4. The van der Waals surface area contributed by atoms with Gasteiger partial charge < -0.3 is 10.1 Å². The van der Waals surface area contributed by atoms with Gasteiger partial charge in [0.1, 0.15) is 5.75 Å². The third kappa shape index (κ3) is 5.26. The smallest absolute Gasteiger partial charge is 0.232 e. The summed E-state index contributed by atoms with van der Waals surface area (Å²) < 4.78 is 30.8. The predicted molar refractivity (Wildman–Crippen MR) is 117 cm³/mol. The van der Waals surface area contributed by atoms with Crippen LogP contribution in [0.2, 0.25) is 0 Å². The van der Waals surface area contributed by atoms with Gasteiger partial charge in [-0.1, -0.05) is 36.4 Å². The largest absolute Gasteiger partial charge is 0.497 e. The minimum Gasteiger partial charge on any atom is -0.497 e. The summed E-state index contributed by atoms with van der Waals surface area (Å²) >= 11 is 0. The van der Waals surface area contributed by atoms with Gasteiger partial charge in [0.25, 0.3) is 0 Å². The molecule has 0 aliphatic rings. The van der Waals surface area contributed by atoms with Gasteiger partial charge >= 0.3 is 0 Å². The van der Waals surface area contributed by atoms with Gasteiger partial charge in [-0.3, -0.25) is 9.10 Å². The fourth-order valence-corrected chi connectivity index (χ4v) is 4.13. The van der Waals surface area contributed by atoms with E-state index in [4.69, 9.17) is 4.74 Å². The molecule has 0 aliphatic heterocycles. The Kier molecular flexibility index (Phi) is 6.39. The second-order valence-electron chi connectivity index (χ2n) is 6.71. The van der Waals surface area contributed by atoms with E-state index in [1.807, 2.05) is 42.5 Å². The summed E-state index contributed by atoms with van der Waals surface area (Å²) in [5.74, 6) is 0.501. The van der Waals surface area contributed by atoms with Crippen LogP contribution in [0.5, 0.6) is 5.75 Å². The number of carbonyl (C=O) groups is 1. The van der Waals surface area contributed by atoms with Crippen LogP contribution in [0.15, 0.2) is 66.7 Å². The summed E-state index contributed by atoms with van der Waals surface area (Å²) in [6.07, 6.45) is 1.77. The lowest BCUT2D eigenvalue weighted by Crippen LogP contribution is -2.31. The van der Waals surface area contributed by atoms with Crippen molar-refractivity contribution < 1.29 is 17.9 Å². The van der Waals surface area contributed by atoms with Crippen LogP contribution in [-0.2, 0) is 14.8 Å². The van der Waals surface area contributed by atoms with E-state index in [-0.39, 0.29) is 18.9 Å². The molecule has 0 heterocycles. The van der Waals surface area contributed by atoms with Gasteiger partial charge in [0.15, 0.2) is 0 Å². The van der Waals surface area contributed by atoms with E-state index >= 15 is 0 Å². The molecule has 0 bridgehead atoms. The van der Waals surface area contributed by atoms with Crippen LogP contribution in [0.4, 0.5) is 11.4 Å². The van der Waals surface area contributed by atoms with Gasteiger partial charge in [0, 0.05) is 24.0 Å². The first-order chi connectivity index (χ1) is 13.9.